The summed E-state index contributed by atoms with van der Waals surface area (Å²) in [7, 11) is 0. The number of amides is 1. The normalized spacial score (nSPS) is 15.6. The van der Waals surface area contributed by atoms with Gasteiger partial charge < -0.3 is 5.32 Å². The van der Waals surface area contributed by atoms with Crippen LogP contribution in [-0.2, 0) is 4.79 Å². The standard InChI is InChI=1S/C28H23N3O2S/c1-18-10-9-11-20(16-18)17-23-27(33)31-25(21-12-5-3-6-13-21)24(19(2)29-28(31)34-23)26(32)30-22-14-7-4-8-15-22/h3-17,25H,1-2H3,(H,30,32)/b23-17-/t25-/m1/s1. The number of nitrogens with zero attached hydrogens (tertiary/aromatic N) is 2. The molecule has 0 radical (unpaired) electrons. The van der Waals surface area contributed by atoms with Gasteiger partial charge in [-0.1, -0.05) is 89.7 Å². The topological polar surface area (TPSA) is 63.5 Å². The summed E-state index contributed by atoms with van der Waals surface area (Å²) in [6.45, 7) is 3.85. The van der Waals surface area contributed by atoms with Crippen molar-refractivity contribution < 1.29 is 4.79 Å². The Balaban J connectivity index is 1.67. The first-order chi connectivity index (χ1) is 16.5. The lowest BCUT2D eigenvalue weighted by Crippen LogP contribution is -2.40. The second kappa shape index (κ2) is 9.08. The van der Waals surface area contributed by atoms with Gasteiger partial charge in [0.15, 0.2) is 4.80 Å². The number of nitrogens with one attached hydrogen (secondary N) is 1. The van der Waals surface area contributed by atoms with Crippen molar-refractivity contribution in [3.05, 3.63) is 133 Å². The number of thiazole rings is 1. The molecule has 0 spiro atoms. The summed E-state index contributed by atoms with van der Waals surface area (Å²) in [5.74, 6) is -0.269. The molecule has 1 aliphatic heterocycles. The van der Waals surface area contributed by atoms with Crippen LogP contribution in [0, 0.1) is 6.92 Å². The summed E-state index contributed by atoms with van der Waals surface area (Å²) in [4.78, 5) is 32.4. The Kier molecular flexibility index (Phi) is 5.82. The highest BCUT2D eigenvalue weighted by Crippen LogP contribution is 2.30. The van der Waals surface area contributed by atoms with Crippen molar-refractivity contribution in [1.29, 1.82) is 0 Å². The van der Waals surface area contributed by atoms with Crippen molar-refractivity contribution in [2.24, 2.45) is 4.99 Å². The largest absolute Gasteiger partial charge is 0.322 e. The van der Waals surface area contributed by atoms with Crippen LogP contribution in [-0.4, -0.2) is 10.5 Å². The lowest BCUT2D eigenvalue weighted by atomic mass is 9.95. The Labute approximate surface area is 201 Å². The summed E-state index contributed by atoms with van der Waals surface area (Å²) in [5.41, 5.74) is 4.54. The Hall–Kier alpha value is -4.03. The van der Waals surface area contributed by atoms with E-state index in [1.807, 2.05) is 105 Å². The average Bonchev–Trinajstić information content (AvgIpc) is 3.13. The molecule has 0 aliphatic carbocycles. The number of aromatic nitrogens is 1. The summed E-state index contributed by atoms with van der Waals surface area (Å²) >= 11 is 1.34. The quantitative estimate of drug-likeness (QED) is 0.491. The van der Waals surface area contributed by atoms with Gasteiger partial charge in [-0.3, -0.25) is 14.2 Å². The fourth-order valence-electron chi connectivity index (χ4n) is 4.19. The van der Waals surface area contributed by atoms with Gasteiger partial charge in [0.2, 0.25) is 0 Å². The zero-order chi connectivity index (χ0) is 23.7. The zero-order valence-electron chi connectivity index (χ0n) is 18.9. The van der Waals surface area contributed by atoms with Crippen molar-refractivity contribution in [2.75, 3.05) is 5.32 Å². The van der Waals surface area contributed by atoms with Crippen LogP contribution in [0.15, 0.2) is 106 Å². The number of anilines is 1. The van der Waals surface area contributed by atoms with E-state index in [0.717, 1.165) is 16.7 Å². The van der Waals surface area contributed by atoms with Crippen molar-refractivity contribution in [3.8, 4) is 0 Å². The summed E-state index contributed by atoms with van der Waals surface area (Å²) in [5, 5.41) is 2.97. The highest BCUT2D eigenvalue weighted by molar-refractivity contribution is 7.07. The van der Waals surface area contributed by atoms with Gasteiger partial charge in [0.1, 0.15) is 0 Å². The van der Waals surface area contributed by atoms with Gasteiger partial charge >= 0.3 is 0 Å². The number of rotatable bonds is 4. The molecule has 6 heteroatoms. The van der Waals surface area contributed by atoms with Crippen LogP contribution in [0.5, 0.6) is 0 Å². The molecule has 0 unspecified atom stereocenters. The number of hydrogen-bond donors (Lipinski definition) is 1. The fourth-order valence-corrected chi connectivity index (χ4v) is 5.24. The zero-order valence-corrected chi connectivity index (χ0v) is 19.7. The molecule has 2 heterocycles. The second-order valence-corrected chi connectivity index (χ2v) is 9.24. The minimum absolute atomic E-state index is 0.156. The molecule has 5 rings (SSSR count). The second-order valence-electron chi connectivity index (χ2n) is 8.23. The van der Waals surface area contributed by atoms with E-state index < -0.39 is 6.04 Å². The van der Waals surface area contributed by atoms with E-state index in [1.54, 1.807) is 4.57 Å². The van der Waals surface area contributed by atoms with Crippen LogP contribution >= 0.6 is 11.3 Å². The molecule has 5 nitrogen and oxygen atoms in total. The predicted octanol–water partition coefficient (Wildman–Crippen LogP) is 4.18. The van der Waals surface area contributed by atoms with Crippen LogP contribution in [0.2, 0.25) is 0 Å². The molecule has 3 aromatic carbocycles. The number of allylic oxidation sites excluding steroid dienone is 1. The highest BCUT2D eigenvalue weighted by atomic mass is 32.1. The first-order valence-electron chi connectivity index (χ1n) is 11.0. The fraction of sp³-hybridized carbons (Fsp3) is 0.107. The van der Waals surface area contributed by atoms with Crippen LogP contribution in [0.3, 0.4) is 0 Å². The molecule has 1 atom stereocenters. The van der Waals surface area contributed by atoms with Crippen LogP contribution < -0.4 is 20.2 Å². The number of para-hydroxylation sites is 1. The van der Waals surface area contributed by atoms with Gasteiger partial charge in [-0.15, -0.1) is 0 Å². The van der Waals surface area contributed by atoms with Crippen LogP contribution in [0.4, 0.5) is 5.69 Å². The van der Waals surface area contributed by atoms with E-state index in [2.05, 4.69) is 10.3 Å². The summed E-state index contributed by atoms with van der Waals surface area (Å²) in [6, 6.07) is 26.4. The van der Waals surface area contributed by atoms with Gasteiger partial charge in [-0.2, -0.15) is 0 Å². The molecule has 1 N–H and O–H groups in total. The lowest BCUT2D eigenvalue weighted by Gasteiger charge is -2.25. The number of aryl methyl sites for hydroxylation is 1. The maximum Gasteiger partial charge on any atom is 0.271 e. The van der Waals surface area contributed by atoms with Gasteiger partial charge in [-0.25, -0.2) is 4.99 Å². The molecule has 0 fully saturated rings. The van der Waals surface area contributed by atoms with Gasteiger partial charge in [0.05, 0.1) is 21.8 Å². The number of carbonyl (C=O) groups is 1. The number of fused-ring (bicyclic) bond motifs is 1. The number of hydrogen-bond acceptors (Lipinski definition) is 4. The van der Waals surface area contributed by atoms with Crippen LogP contribution in [0.25, 0.3) is 6.08 Å². The average molecular weight is 466 g/mol. The van der Waals surface area contributed by atoms with E-state index in [9.17, 15) is 9.59 Å². The Morgan fingerprint density at radius 1 is 0.971 bits per heavy atom. The van der Waals surface area contributed by atoms with E-state index >= 15 is 0 Å². The molecule has 1 aromatic heterocycles. The predicted molar refractivity (Wildman–Crippen MR) is 136 cm³/mol. The molecule has 168 valence electrons. The van der Waals surface area contributed by atoms with E-state index in [1.165, 1.54) is 11.3 Å². The van der Waals surface area contributed by atoms with E-state index in [-0.39, 0.29) is 11.5 Å². The SMILES string of the molecule is CC1=C(C(=O)Nc2ccccc2)[C@@H](c2ccccc2)n2c(s/c(=C\c3cccc(C)c3)c2=O)=N1. The summed E-state index contributed by atoms with van der Waals surface area (Å²) in [6.07, 6.45) is 1.89. The lowest BCUT2D eigenvalue weighted by molar-refractivity contribution is -0.113. The third kappa shape index (κ3) is 4.16. The third-order valence-corrected chi connectivity index (χ3v) is 6.74. The third-order valence-electron chi connectivity index (χ3n) is 5.75. The van der Waals surface area contributed by atoms with Crippen molar-refractivity contribution in [3.63, 3.8) is 0 Å². The molecule has 0 saturated carbocycles. The smallest absolute Gasteiger partial charge is 0.271 e. The molecule has 1 aliphatic rings. The first kappa shape index (κ1) is 21.8. The maximum absolute atomic E-state index is 13.6. The van der Waals surface area contributed by atoms with Gasteiger partial charge in [0.25, 0.3) is 11.5 Å². The minimum Gasteiger partial charge on any atom is -0.322 e. The molecule has 34 heavy (non-hydrogen) atoms. The first-order valence-corrected chi connectivity index (χ1v) is 11.8. The molecular formula is C28H23N3O2S. The van der Waals surface area contributed by atoms with Crippen molar-refractivity contribution in [1.82, 2.24) is 4.57 Å². The van der Waals surface area contributed by atoms with Crippen molar-refractivity contribution >= 4 is 29.0 Å². The van der Waals surface area contributed by atoms with Gasteiger partial charge in [-0.05, 0) is 43.2 Å². The Morgan fingerprint density at radius 3 is 2.38 bits per heavy atom. The van der Waals surface area contributed by atoms with Gasteiger partial charge in [0, 0.05) is 5.69 Å². The summed E-state index contributed by atoms with van der Waals surface area (Å²) < 4.78 is 2.23. The number of benzene rings is 3. The monoisotopic (exact) mass is 465 g/mol. The Morgan fingerprint density at radius 2 is 1.68 bits per heavy atom. The number of carbonyl (C=O) groups excluding carboxylic acids is 1. The van der Waals surface area contributed by atoms with Crippen molar-refractivity contribution in [2.45, 2.75) is 19.9 Å². The highest BCUT2D eigenvalue weighted by Gasteiger charge is 2.32. The maximum atomic E-state index is 13.6. The molecule has 0 bridgehead atoms. The van der Waals surface area contributed by atoms with E-state index in [4.69, 9.17) is 0 Å². The van der Waals surface area contributed by atoms with Crippen LogP contribution in [0.1, 0.15) is 29.7 Å². The minimum atomic E-state index is -0.569. The molecular weight excluding hydrogens is 442 g/mol. The Bertz CT molecular complexity index is 1580. The molecule has 1 amide bonds. The van der Waals surface area contributed by atoms with E-state index in [0.29, 0.717) is 26.3 Å². The molecule has 4 aromatic rings. The molecule has 0 saturated heterocycles.